The van der Waals surface area contributed by atoms with Gasteiger partial charge in [0, 0.05) is 31.4 Å². The highest BCUT2D eigenvalue weighted by Crippen LogP contribution is 2.15. The summed E-state index contributed by atoms with van der Waals surface area (Å²) in [6.45, 7) is 2.78. The number of halogens is 1. The topological polar surface area (TPSA) is 66.5 Å². The molecule has 1 aliphatic rings. The van der Waals surface area contributed by atoms with Crippen LogP contribution in [0.2, 0.25) is 0 Å². The van der Waals surface area contributed by atoms with E-state index in [-0.39, 0.29) is 17.7 Å². The van der Waals surface area contributed by atoms with Crippen LogP contribution in [0.5, 0.6) is 0 Å². The first-order valence-electron chi connectivity index (χ1n) is 6.32. The first kappa shape index (κ1) is 15.7. The summed E-state index contributed by atoms with van der Waals surface area (Å²) in [5.41, 5.74) is 0. The van der Waals surface area contributed by atoms with Crippen molar-refractivity contribution in [2.75, 3.05) is 24.7 Å². The van der Waals surface area contributed by atoms with E-state index in [1.165, 1.54) is 4.31 Å². The second-order valence-electron chi connectivity index (χ2n) is 4.45. The SMILES string of the molecule is CCC(=O)NC1CCN(S(=O)(=O)CCCCl)CC1. The minimum Gasteiger partial charge on any atom is -0.353 e. The summed E-state index contributed by atoms with van der Waals surface area (Å²) < 4.78 is 25.3. The van der Waals surface area contributed by atoms with E-state index < -0.39 is 10.0 Å². The van der Waals surface area contributed by atoms with Gasteiger partial charge in [0.2, 0.25) is 15.9 Å². The molecule has 0 spiro atoms. The van der Waals surface area contributed by atoms with E-state index in [0.29, 0.717) is 44.7 Å². The lowest BCUT2D eigenvalue weighted by atomic mass is 10.1. The van der Waals surface area contributed by atoms with Crippen LogP contribution >= 0.6 is 11.6 Å². The number of nitrogens with zero attached hydrogens (tertiary/aromatic N) is 1. The van der Waals surface area contributed by atoms with Crippen LogP contribution in [0.15, 0.2) is 0 Å². The van der Waals surface area contributed by atoms with E-state index in [0.717, 1.165) is 0 Å². The van der Waals surface area contributed by atoms with Crippen LogP contribution in [-0.2, 0) is 14.8 Å². The van der Waals surface area contributed by atoms with E-state index in [4.69, 9.17) is 11.6 Å². The fourth-order valence-electron chi connectivity index (χ4n) is 1.97. The summed E-state index contributed by atoms with van der Waals surface area (Å²) in [5.74, 6) is 0.503. The molecule has 1 rings (SSSR count). The number of nitrogens with one attached hydrogen (secondary N) is 1. The zero-order valence-corrected chi connectivity index (χ0v) is 12.3. The Morgan fingerprint density at radius 2 is 2.00 bits per heavy atom. The molecule has 0 aromatic rings. The van der Waals surface area contributed by atoms with E-state index in [2.05, 4.69) is 5.32 Å². The van der Waals surface area contributed by atoms with Gasteiger partial charge in [-0.3, -0.25) is 4.79 Å². The minimum absolute atomic E-state index is 0.0263. The van der Waals surface area contributed by atoms with Crippen LogP contribution in [0, 0.1) is 0 Å². The Hall–Kier alpha value is -0.330. The van der Waals surface area contributed by atoms with Gasteiger partial charge in [0.05, 0.1) is 5.75 Å². The predicted molar refractivity (Wildman–Crippen MR) is 72.2 cm³/mol. The fraction of sp³-hybridized carbons (Fsp3) is 0.909. The van der Waals surface area contributed by atoms with Crippen molar-refractivity contribution in [2.24, 2.45) is 0 Å². The molecule has 0 saturated carbocycles. The molecule has 7 heteroatoms. The molecule has 1 fully saturated rings. The van der Waals surface area contributed by atoms with Crippen molar-refractivity contribution < 1.29 is 13.2 Å². The van der Waals surface area contributed by atoms with Crippen molar-refractivity contribution in [3.63, 3.8) is 0 Å². The van der Waals surface area contributed by atoms with Crippen molar-refractivity contribution >= 4 is 27.5 Å². The molecular weight excluding hydrogens is 276 g/mol. The zero-order chi connectivity index (χ0) is 13.6. The number of piperidine rings is 1. The van der Waals surface area contributed by atoms with Crippen molar-refractivity contribution in [3.8, 4) is 0 Å². The predicted octanol–water partition coefficient (Wildman–Crippen LogP) is 0.936. The molecule has 1 aliphatic heterocycles. The molecule has 0 aromatic heterocycles. The molecule has 5 nitrogen and oxygen atoms in total. The highest BCUT2D eigenvalue weighted by molar-refractivity contribution is 7.89. The van der Waals surface area contributed by atoms with Gasteiger partial charge in [-0.2, -0.15) is 0 Å². The van der Waals surface area contributed by atoms with Gasteiger partial charge in [0.15, 0.2) is 0 Å². The molecule has 0 bridgehead atoms. The molecule has 106 valence electrons. The van der Waals surface area contributed by atoms with E-state index in [1.807, 2.05) is 0 Å². The molecule has 0 unspecified atom stereocenters. The van der Waals surface area contributed by atoms with Gasteiger partial charge in [0.1, 0.15) is 0 Å². The number of sulfonamides is 1. The third-order valence-electron chi connectivity index (χ3n) is 3.07. The standard InChI is InChI=1S/C11H21ClN2O3S/c1-2-11(15)13-10-4-7-14(8-5-10)18(16,17)9-3-6-12/h10H,2-9H2,1H3,(H,13,15). The van der Waals surface area contributed by atoms with Crippen LogP contribution in [-0.4, -0.2) is 49.4 Å². The summed E-state index contributed by atoms with van der Waals surface area (Å²) in [7, 11) is -3.17. The summed E-state index contributed by atoms with van der Waals surface area (Å²) in [6, 6.07) is 0.108. The monoisotopic (exact) mass is 296 g/mol. The third kappa shape index (κ3) is 4.74. The van der Waals surface area contributed by atoms with Crippen LogP contribution in [0.3, 0.4) is 0 Å². The van der Waals surface area contributed by atoms with Gasteiger partial charge in [0.25, 0.3) is 0 Å². The van der Waals surface area contributed by atoms with Gasteiger partial charge >= 0.3 is 0 Å². The largest absolute Gasteiger partial charge is 0.353 e. The Kier molecular flexibility index (Phi) is 6.38. The lowest BCUT2D eigenvalue weighted by Crippen LogP contribution is -2.46. The van der Waals surface area contributed by atoms with Crippen molar-refractivity contribution in [1.29, 1.82) is 0 Å². The lowest BCUT2D eigenvalue weighted by molar-refractivity contribution is -0.121. The lowest BCUT2D eigenvalue weighted by Gasteiger charge is -2.31. The van der Waals surface area contributed by atoms with E-state index in [9.17, 15) is 13.2 Å². The maximum absolute atomic E-state index is 11.9. The normalized spacial score (nSPS) is 18.8. The first-order chi connectivity index (χ1) is 8.49. The molecule has 1 amide bonds. The van der Waals surface area contributed by atoms with Gasteiger partial charge in [-0.1, -0.05) is 6.92 Å². The second-order valence-corrected chi connectivity index (χ2v) is 6.92. The molecular formula is C11H21ClN2O3S. The van der Waals surface area contributed by atoms with Crippen molar-refractivity contribution in [2.45, 2.75) is 38.6 Å². The number of alkyl halides is 1. The number of hydrogen-bond acceptors (Lipinski definition) is 3. The summed E-state index contributed by atoms with van der Waals surface area (Å²) in [5, 5.41) is 2.90. The molecule has 0 aromatic carbocycles. The maximum Gasteiger partial charge on any atom is 0.219 e. The third-order valence-corrected chi connectivity index (χ3v) is 5.29. The Balaban J connectivity index is 2.41. The molecule has 0 aliphatic carbocycles. The maximum atomic E-state index is 11.9. The fourth-order valence-corrected chi connectivity index (χ4v) is 3.80. The van der Waals surface area contributed by atoms with Gasteiger partial charge in [-0.05, 0) is 19.3 Å². The number of hydrogen-bond donors (Lipinski definition) is 1. The smallest absolute Gasteiger partial charge is 0.219 e. The molecule has 18 heavy (non-hydrogen) atoms. The van der Waals surface area contributed by atoms with E-state index in [1.54, 1.807) is 6.92 Å². The van der Waals surface area contributed by atoms with E-state index >= 15 is 0 Å². The Morgan fingerprint density at radius 1 is 1.39 bits per heavy atom. The van der Waals surface area contributed by atoms with Crippen LogP contribution in [0.1, 0.15) is 32.6 Å². The first-order valence-corrected chi connectivity index (χ1v) is 8.47. The van der Waals surface area contributed by atoms with Crippen molar-refractivity contribution in [1.82, 2.24) is 9.62 Å². The van der Waals surface area contributed by atoms with Crippen LogP contribution in [0.4, 0.5) is 0 Å². The quantitative estimate of drug-likeness (QED) is 0.742. The second kappa shape index (κ2) is 7.31. The highest BCUT2D eigenvalue weighted by atomic mass is 35.5. The van der Waals surface area contributed by atoms with Crippen molar-refractivity contribution in [3.05, 3.63) is 0 Å². The number of amides is 1. The minimum atomic E-state index is -3.17. The number of carbonyl (C=O) groups excluding carboxylic acids is 1. The van der Waals surface area contributed by atoms with Gasteiger partial charge in [-0.15, -0.1) is 11.6 Å². The summed E-state index contributed by atoms with van der Waals surface area (Å²) >= 11 is 5.51. The summed E-state index contributed by atoms with van der Waals surface area (Å²) in [4.78, 5) is 11.2. The van der Waals surface area contributed by atoms with Gasteiger partial charge in [-0.25, -0.2) is 12.7 Å². The average molecular weight is 297 g/mol. The molecule has 0 radical (unpaired) electrons. The zero-order valence-electron chi connectivity index (χ0n) is 10.7. The Labute approximate surface area is 114 Å². The van der Waals surface area contributed by atoms with Crippen LogP contribution < -0.4 is 5.32 Å². The number of rotatable bonds is 6. The molecule has 1 N–H and O–H groups in total. The number of carbonyl (C=O) groups is 1. The van der Waals surface area contributed by atoms with Gasteiger partial charge < -0.3 is 5.32 Å². The molecule has 0 atom stereocenters. The van der Waals surface area contributed by atoms with Crippen LogP contribution in [0.25, 0.3) is 0 Å². The molecule has 1 saturated heterocycles. The highest BCUT2D eigenvalue weighted by Gasteiger charge is 2.27. The average Bonchev–Trinajstić information content (AvgIpc) is 2.37. The summed E-state index contributed by atoms with van der Waals surface area (Å²) in [6.07, 6.45) is 2.32. The molecule has 1 heterocycles. The Bertz CT molecular complexity index is 364. The Morgan fingerprint density at radius 3 is 2.50 bits per heavy atom.